The van der Waals surface area contributed by atoms with Gasteiger partial charge in [-0.3, -0.25) is 4.79 Å². The highest BCUT2D eigenvalue weighted by Crippen LogP contribution is 2.12. The van der Waals surface area contributed by atoms with Crippen LogP contribution in [0.2, 0.25) is 0 Å². The fourth-order valence-corrected chi connectivity index (χ4v) is 1.34. The number of rotatable bonds is 5. The summed E-state index contributed by atoms with van der Waals surface area (Å²) in [5.74, 6) is 2.14. The minimum absolute atomic E-state index is 0.150. The summed E-state index contributed by atoms with van der Waals surface area (Å²) in [6, 6.07) is 6.37. The maximum Gasteiger partial charge on any atom is 0.344 e. The van der Waals surface area contributed by atoms with Crippen LogP contribution < -0.4 is 4.74 Å². The Labute approximate surface area is 126 Å². The van der Waals surface area contributed by atoms with E-state index in [4.69, 9.17) is 14.6 Å². The van der Waals surface area contributed by atoms with Gasteiger partial charge in [-0.25, -0.2) is 4.79 Å². The van der Waals surface area contributed by atoms with Crippen LogP contribution in [0, 0.1) is 10.8 Å². The average Bonchev–Trinajstić information content (AvgIpc) is 2.48. The van der Waals surface area contributed by atoms with E-state index in [0.717, 1.165) is 7.11 Å². The number of halogens is 1. The molecule has 0 radical (unpaired) electrons. The topological polar surface area (TPSA) is 72.8 Å². The molecule has 0 aliphatic rings. The zero-order valence-electron chi connectivity index (χ0n) is 11.2. The molecule has 0 heterocycles. The number of aliphatic hydroxyl groups excluding tert-OH is 1. The number of benzene rings is 1. The normalized spacial score (nSPS) is 8.40. The lowest BCUT2D eigenvalue weighted by Gasteiger charge is -2.05. The lowest BCUT2D eigenvalue weighted by molar-refractivity contribution is -0.145. The minimum atomic E-state index is -0.428. The molecular weight excluding hydrogens is 328 g/mol. The molecule has 0 atom stereocenters. The van der Waals surface area contributed by atoms with Crippen molar-refractivity contribution in [3.8, 4) is 16.5 Å². The molecule has 20 heavy (non-hydrogen) atoms. The number of ether oxygens (including phenoxy) is 2. The maximum absolute atomic E-state index is 11.4. The van der Waals surface area contributed by atoms with Crippen molar-refractivity contribution in [3.63, 3.8) is 0 Å². The highest BCUT2D eigenvalue weighted by Gasteiger charge is 2.05. The Balaban J connectivity index is 0.00000172. The molecule has 108 valence electrons. The van der Waals surface area contributed by atoms with Crippen LogP contribution in [0.4, 0.5) is 0 Å². The van der Waals surface area contributed by atoms with Crippen molar-refractivity contribution in [1.82, 2.24) is 0 Å². The highest BCUT2D eigenvalue weighted by atomic mass is 79.9. The second-order valence-electron chi connectivity index (χ2n) is 3.17. The van der Waals surface area contributed by atoms with Gasteiger partial charge >= 0.3 is 5.97 Å². The molecule has 0 aromatic heterocycles. The highest BCUT2D eigenvalue weighted by molar-refractivity contribution is 9.12. The van der Waals surface area contributed by atoms with Crippen LogP contribution in [-0.4, -0.2) is 37.2 Å². The molecule has 0 aliphatic heterocycles. The molecule has 0 unspecified atom stereocenters. The van der Waals surface area contributed by atoms with Gasteiger partial charge in [-0.2, -0.15) is 0 Å². The molecule has 0 saturated heterocycles. The first kappa shape index (κ1) is 18.2. The number of esters is 1. The van der Waals surface area contributed by atoms with Crippen molar-refractivity contribution in [2.24, 2.45) is 0 Å². The number of aliphatic hydroxyl groups is 1. The van der Waals surface area contributed by atoms with Crippen molar-refractivity contribution in [3.05, 3.63) is 29.8 Å². The molecule has 0 spiro atoms. The van der Waals surface area contributed by atoms with Gasteiger partial charge in [-0.15, -0.1) is 0 Å². The van der Waals surface area contributed by atoms with Gasteiger partial charge in [0.2, 0.25) is 5.78 Å². The molecule has 5 nitrogen and oxygen atoms in total. The van der Waals surface area contributed by atoms with Crippen LogP contribution in [-0.2, 0) is 9.53 Å². The van der Waals surface area contributed by atoms with Gasteiger partial charge in [-0.05, 0) is 41.9 Å². The largest absolute Gasteiger partial charge is 0.482 e. The molecule has 0 bridgehead atoms. The molecule has 0 amide bonds. The maximum atomic E-state index is 11.4. The van der Waals surface area contributed by atoms with E-state index in [1.165, 1.54) is 0 Å². The standard InChI is InChI=1S/C13H11BrO4.CH4O/c1-2-17-13(16)9-18-11-5-3-10(4-6-11)12(15)7-8-14;1-2/h3-6H,2,9H2,1H3;2H,1H3. The average molecular weight is 343 g/mol. The molecule has 0 saturated carbocycles. The van der Waals surface area contributed by atoms with Gasteiger partial charge in [0.1, 0.15) is 5.75 Å². The van der Waals surface area contributed by atoms with Crippen molar-refractivity contribution in [2.75, 3.05) is 20.3 Å². The van der Waals surface area contributed by atoms with Crippen molar-refractivity contribution < 1.29 is 24.2 Å². The third-order valence-electron chi connectivity index (χ3n) is 1.94. The van der Waals surface area contributed by atoms with Gasteiger partial charge in [0.15, 0.2) is 6.61 Å². The monoisotopic (exact) mass is 342 g/mol. The van der Waals surface area contributed by atoms with Crippen LogP contribution in [0.3, 0.4) is 0 Å². The molecule has 0 fully saturated rings. The Morgan fingerprint density at radius 2 is 1.85 bits per heavy atom. The van der Waals surface area contributed by atoms with Gasteiger partial charge in [-0.1, -0.05) is 0 Å². The Morgan fingerprint density at radius 1 is 1.25 bits per heavy atom. The first-order chi connectivity index (χ1) is 9.67. The molecule has 1 aromatic carbocycles. The molecule has 0 aliphatic carbocycles. The number of hydrogen-bond donors (Lipinski definition) is 1. The van der Waals surface area contributed by atoms with Gasteiger partial charge < -0.3 is 14.6 Å². The molecule has 1 rings (SSSR count). The third-order valence-corrected chi connectivity index (χ3v) is 2.14. The minimum Gasteiger partial charge on any atom is -0.482 e. The third kappa shape index (κ3) is 6.92. The summed E-state index contributed by atoms with van der Waals surface area (Å²) in [4.78, 5) is 24.8. The second-order valence-corrected chi connectivity index (χ2v) is 3.56. The van der Waals surface area contributed by atoms with E-state index < -0.39 is 5.97 Å². The molecular formula is C14H15BrO5. The summed E-state index contributed by atoms with van der Waals surface area (Å²) in [5.41, 5.74) is 0.463. The second kappa shape index (κ2) is 11.0. The Bertz CT molecular complexity index is 485. The summed E-state index contributed by atoms with van der Waals surface area (Å²) in [6.07, 6.45) is 0. The van der Waals surface area contributed by atoms with E-state index in [0.29, 0.717) is 17.9 Å². The fourth-order valence-electron chi connectivity index (χ4n) is 1.16. The van der Waals surface area contributed by atoms with E-state index in [9.17, 15) is 9.59 Å². The van der Waals surface area contributed by atoms with Gasteiger partial charge in [0.25, 0.3) is 0 Å². The summed E-state index contributed by atoms with van der Waals surface area (Å²) in [7, 11) is 1.00. The van der Waals surface area contributed by atoms with E-state index in [1.807, 2.05) is 0 Å². The summed E-state index contributed by atoms with van der Waals surface area (Å²) >= 11 is 2.86. The van der Waals surface area contributed by atoms with Crippen molar-refractivity contribution in [2.45, 2.75) is 6.92 Å². The summed E-state index contributed by atoms with van der Waals surface area (Å²) in [5, 5.41) is 7.00. The Morgan fingerprint density at radius 3 is 2.35 bits per heavy atom. The lowest BCUT2D eigenvalue weighted by Crippen LogP contribution is -2.14. The fraction of sp³-hybridized carbons (Fsp3) is 0.286. The predicted molar refractivity (Wildman–Crippen MR) is 77.7 cm³/mol. The van der Waals surface area contributed by atoms with Crippen molar-refractivity contribution in [1.29, 1.82) is 0 Å². The van der Waals surface area contributed by atoms with Gasteiger partial charge in [0.05, 0.1) is 6.61 Å². The zero-order chi connectivity index (χ0) is 15.4. The Hall–Kier alpha value is -1.84. The van der Waals surface area contributed by atoms with E-state index in [2.05, 4.69) is 26.7 Å². The number of carbonyl (C=O) groups is 2. The molecule has 1 aromatic rings. The smallest absolute Gasteiger partial charge is 0.344 e. The van der Waals surface area contributed by atoms with E-state index in [1.54, 1.807) is 31.2 Å². The van der Waals surface area contributed by atoms with Crippen molar-refractivity contribution >= 4 is 27.7 Å². The zero-order valence-corrected chi connectivity index (χ0v) is 12.8. The van der Waals surface area contributed by atoms with Crippen LogP contribution >= 0.6 is 15.9 Å². The lowest BCUT2D eigenvalue weighted by atomic mass is 10.1. The van der Waals surface area contributed by atoms with E-state index >= 15 is 0 Å². The number of ketones is 1. The summed E-state index contributed by atoms with van der Waals surface area (Å²) in [6.45, 7) is 1.90. The van der Waals surface area contributed by atoms with Crippen LogP contribution in [0.5, 0.6) is 5.75 Å². The van der Waals surface area contributed by atoms with Crippen LogP contribution in [0.25, 0.3) is 0 Å². The predicted octanol–water partition coefficient (Wildman–Crippen LogP) is 1.78. The van der Waals surface area contributed by atoms with Gasteiger partial charge in [0, 0.05) is 28.6 Å². The first-order valence-electron chi connectivity index (χ1n) is 5.66. The molecule has 6 heteroatoms. The quantitative estimate of drug-likeness (QED) is 0.501. The van der Waals surface area contributed by atoms with Crippen LogP contribution in [0.15, 0.2) is 24.3 Å². The van der Waals surface area contributed by atoms with Crippen LogP contribution in [0.1, 0.15) is 17.3 Å². The number of Topliss-reactive ketones (excluding diaryl/α,β-unsaturated/α-hetero) is 1. The summed E-state index contributed by atoms with van der Waals surface area (Å²) < 4.78 is 9.90. The van der Waals surface area contributed by atoms with E-state index in [-0.39, 0.29) is 12.4 Å². The molecule has 1 N–H and O–H groups in total. The number of carbonyl (C=O) groups excluding carboxylic acids is 2. The number of hydrogen-bond acceptors (Lipinski definition) is 5. The Kier molecular flexibility index (Phi) is 10.0. The first-order valence-corrected chi connectivity index (χ1v) is 6.46. The SMILES string of the molecule is CCOC(=O)COc1ccc(C(=O)C#CBr)cc1.CO.